The quantitative estimate of drug-likeness (QED) is 0.536. The van der Waals surface area contributed by atoms with E-state index in [4.69, 9.17) is 4.74 Å². The molecule has 0 spiro atoms. The van der Waals surface area contributed by atoms with Crippen LogP contribution >= 0.6 is 0 Å². The van der Waals surface area contributed by atoms with Crippen molar-refractivity contribution in [1.82, 2.24) is 15.1 Å². The number of nitrogens with zero attached hydrogens (tertiary/aromatic N) is 3. The smallest absolute Gasteiger partial charge is 0.326 e. The van der Waals surface area contributed by atoms with E-state index in [1.165, 1.54) is 10.6 Å². The van der Waals surface area contributed by atoms with Gasteiger partial charge in [-0.1, -0.05) is 72.8 Å². The fourth-order valence-electron chi connectivity index (χ4n) is 4.88. The fraction of sp³-hybridized carbons (Fsp3) is 0.286. The van der Waals surface area contributed by atoms with Crippen LogP contribution in [0.3, 0.4) is 0 Å². The van der Waals surface area contributed by atoms with Crippen molar-refractivity contribution in [3.63, 3.8) is 0 Å². The van der Waals surface area contributed by atoms with Crippen LogP contribution in [0, 0.1) is 0 Å². The number of anilines is 1. The first-order valence-corrected chi connectivity index (χ1v) is 11.9. The third-order valence-corrected chi connectivity index (χ3v) is 6.67. The molecule has 3 aromatic carbocycles. The van der Waals surface area contributed by atoms with E-state index in [1.54, 1.807) is 0 Å². The number of imide groups is 1. The summed E-state index contributed by atoms with van der Waals surface area (Å²) in [6.07, 6.45) is 0. The Kier molecular flexibility index (Phi) is 6.53. The number of benzene rings is 3. The van der Waals surface area contributed by atoms with E-state index in [0.29, 0.717) is 6.54 Å². The molecular weight excluding hydrogens is 440 g/mol. The van der Waals surface area contributed by atoms with Crippen LogP contribution in [0.1, 0.15) is 16.7 Å². The number of carbonyl (C=O) groups is 2. The molecule has 0 saturated carbocycles. The van der Waals surface area contributed by atoms with Gasteiger partial charge in [0.25, 0.3) is 5.91 Å². The van der Waals surface area contributed by atoms with Crippen molar-refractivity contribution in [3.8, 4) is 0 Å². The minimum atomic E-state index is -1.24. The van der Waals surface area contributed by atoms with Crippen LogP contribution in [0.5, 0.6) is 0 Å². The molecule has 0 bridgehead atoms. The Hall–Kier alpha value is -3.68. The SMILES string of the molecule is CN(Cc1ccc(N2CCOCC2)cc1)CN1C(=O)NC(c2ccccc2)(c2ccccc2)C1=O. The van der Waals surface area contributed by atoms with Gasteiger partial charge in [0.1, 0.15) is 0 Å². The van der Waals surface area contributed by atoms with E-state index in [-0.39, 0.29) is 12.6 Å². The summed E-state index contributed by atoms with van der Waals surface area (Å²) in [6.45, 7) is 4.11. The number of amides is 3. The van der Waals surface area contributed by atoms with Gasteiger partial charge in [-0.2, -0.15) is 0 Å². The van der Waals surface area contributed by atoms with Crippen molar-refractivity contribution < 1.29 is 14.3 Å². The minimum absolute atomic E-state index is 0.192. The molecule has 7 heteroatoms. The maximum atomic E-state index is 13.8. The molecule has 2 heterocycles. The van der Waals surface area contributed by atoms with Crippen LogP contribution in [0.2, 0.25) is 0 Å². The van der Waals surface area contributed by atoms with E-state index in [1.807, 2.05) is 72.6 Å². The van der Waals surface area contributed by atoms with Gasteiger partial charge in [-0.15, -0.1) is 0 Å². The highest BCUT2D eigenvalue weighted by atomic mass is 16.5. The molecule has 7 nitrogen and oxygen atoms in total. The molecule has 0 atom stereocenters. The first-order valence-electron chi connectivity index (χ1n) is 11.9. The van der Waals surface area contributed by atoms with Crippen molar-refractivity contribution in [2.45, 2.75) is 12.1 Å². The van der Waals surface area contributed by atoms with Gasteiger partial charge in [0.05, 0.1) is 19.9 Å². The monoisotopic (exact) mass is 470 g/mol. The molecule has 0 unspecified atom stereocenters. The van der Waals surface area contributed by atoms with Crippen LogP contribution in [0.15, 0.2) is 84.9 Å². The Morgan fingerprint density at radius 1 is 0.857 bits per heavy atom. The topological polar surface area (TPSA) is 65.1 Å². The molecule has 2 fully saturated rings. The lowest BCUT2D eigenvalue weighted by Gasteiger charge is -2.29. The molecule has 0 radical (unpaired) electrons. The van der Waals surface area contributed by atoms with Crippen molar-refractivity contribution in [3.05, 3.63) is 102 Å². The number of nitrogens with one attached hydrogen (secondary N) is 1. The number of rotatable bonds is 7. The van der Waals surface area contributed by atoms with Gasteiger partial charge in [-0.3, -0.25) is 9.69 Å². The van der Waals surface area contributed by atoms with Gasteiger partial charge in [-0.05, 0) is 35.9 Å². The number of hydrogen-bond donors (Lipinski definition) is 1. The largest absolute Gasteiger partial charge is 0.378 e. The average molecular weight is 471 g/mol. The summed E-state index contributed by atoms with van der Waals surface area (Å²) in [5, 5.41) is 3.01. The van der Waals surface area contributed by atoms with E-state index < -0.39 is 11.6 Å². The van der Waals surface area contributed by atoms with E-state index >= 15 is 0 Å². The molecule has 0 aliphatic carbocycles. The summed E-state index contributed by atoms with van der Waals surface area (Å²) in [4.78, 5) is 32.6. The molecule has 2 saturated heterocycles. The van der Waals surface area contributed by atoms with Gasteiger partial charge in [0.2, 0.25) is 0 Å². The number of morpholine rings is 1. The molecule has 5 rings (SSSR count). The lowest BCUT2D eigenvalue weighted by Crippen LogP contribution is -2.46. The minimum Gasteiger partial charge on any atom is -0.378 e. The molecule has 3 amide bonds. The zero-order chi connectivity index (χ0) is 24.3. The Morgan fingerprint density at radius 3 is 2.00 bits per heavy atom. The predicted octanol–water partition coefficient (Wildman–Crippen LogP) is 3.41. The standard InChI is InChI=1S/C28H30N4O3/c1-30(20-22-12-14-25(15-13-22)31-16-18-35-19-17-31)21-32-26(33)28(29-27(32)34,23-8-4-2-5-9-23)24-10-6-3-7-11-24/h2-15H,16-21H2,1H3,(H,29,34). The van der Waals surface area contributed by atoms with Crippen LogP contribution in [-0.2, 0) is 21.6 Å². The second kappa shape index (κ2) is 9.90. The van der Waals surface area contributed by atoms with E-state index in [0.717, 1.165) is 43.0 Å². The second-order valence-electron chi connectivity index (χ2n) is 9.07. The van der Waals surface area contributed by atoms with Gasteiger partial charge in [-0.25, -0.2) is 9.69 Å². The fourth-order valence-corrected chi connectivity index (χ4v) is 4.88. The summed E-state index contributed by atoms with van der Waals surface area (Å²) < 4.78 is 5.44. The zero-order valence-corrected chi connectivity index (χ0v) is 19.9. The molecule has 180 valence electrons. The van der Waals surface area contributed by atoms with Gasteiger partial charge in [0.15, 0.2) is 5.54 Å². The first-order chi connectivity index (χ1) is 17.1. The molecular formula is C28H30N4O3. The average Bonchev–Trinajstić information content (AvgIpc) is 3.16. The van der Waals surface area contributed by atoms with Crippen LogP contribution in [0.25, 0.3) is 0 Å². The highest BCUT2D eigenvalue weighted by Crippen LogP contribution is 2.36. The van der Waals surface area contributed by atoms with Crippen molar-refractivity contribution in [1.29, 1.82) is 0 Å². The molecule has 1 N–H and O–H groups in total. The lowest BCUT2D eigenvalue weighted by atomic mass is 9.83. The molecule has 2 aliphatic rings. The Bertz CT molecular complexity index is 1120. The first kappa shape index (κ1) is 23.1. The summed E-state index contributed by atoms with van der Waals surface area (Å²) >= 11 is 0. The highest BCUT2D eigenvalue weighted by molar-refractivity contribution is 6.09. The Morgan fingerprint density at radius 2 is 1.43 bits per heavy atom. The van der Waals surface area contributed by atoms with E-state index in [2.05, 4.69) is 34.5 Å². The van der Waals surface area contributed by atoms with Crippen molar-refractivity contribution in [2.24, 2.45) is 0 Å². The molecule has 35 heavy (non-hydrogen) atoms. The number of urea groups is 1. The van der Waals surface area contributed by atoms with Gasteiger partial charge in [0, 0.05) is 25.3 Å². The van der Waals surface area contributed by atoms with Crippen molar-refractivity contribution >= 4 is 17.6 Å². The Balaban J connectivity index is 1.32. The normalized spacial score (nSPS) is 17.7. The summed E-state index contributed by atoms with van der Waals surface area (Å²) in [5.41, 5.74) is 2.56. The third-order valence-electron chi connectivity index (χ3n) is 6.67. The number of ether oxygens (including phenoxy) is 1. The lowest BCUT2D eigenvalue weighted by molar-refractivity contribution is -0.131. The second-order valence-corrected chi connectivity index (χ2v) is 9.07. The maximum absolute atomic E-state index is 13.8. The number of hydrogen-bond acceptors (Lipinski definition) is 5. The van der Waals surface area contributed by atoms with Crippen LogP contribution in [-0.4, -0.2) is 61.8 Å². The van der Waals surface area contributed by atoms with Crippen molar-refractivity contribution in [2.75, 3.05) is 44.9 Å². The van der Waals surface area contributed by atoms with Gasteiger partial charge < -0.3 is 15.0 Å². The predicted molar refractivity (Wildman–Crippen MR) is 135 cm³/mol. The molecule has 3 aromatic rings. The number of carbonyl (C=O) groups excluding carboxylic acids is 2. The Labute approximate surface area is 205 Å². The zero-order valence-electron chi connectivity index (χ0n) is 19.9. The highest BCUT2D eigenvalue weighted by Gasteiger charge is 2.53. The summed E-state index contributed by atoms with van der Waals surface area (Å²) in [7, 11) is 1.92. The molecule has 2 aliphatic heterocycles. The molecule has 0 aromatic heterocycles. The summed E-state index contributed by atoms with van der Waals surface area (Å²) in [6, 6.07) is 26.9. The van der Waals surface area contributed by atoms with Crippen LogP contribution < -0.4 is 10.2 Å². The van der Waals surface area contributed by atoms with Crippen LogP contribution in [0.4, 0.5) is 10.5 Å². The van der Waals surface area contributed by atoms with E-state index in [9.17, 15) is 9.59 Å². The third kappa shape index (κ3) is 4.52. The maximum Gasteiger partial charge on any atom is 0.326 e. The summed E-state index contributed by atoms with van der Waals surface area (Å²) in [5.74, 6) is -0.269. The van der Waals surface area contributed by atoms with Gasteiger partial charge >= 0.3 is 6.03 Å².